The fraction of sp³-hybridized carbons (Fsp3) is 0.333. The highest BCUT2D eigenvalue weighted by molar-refractivity contribution is 5.96. The molecule has 0 aromatic carbocycles. The largest absolute Gasteiger partial charge is 0.487 e. The van der Waals surface area contributed by atoms with Crippen LogP contribution in [0.1, 0.15) is 0 Å². The molecule has 3 heterocycles. The maximum absolute atomic E-state index is 11.2. The van der Waals surface area contributed by atoms with Crippen LogP contribution < -0.4 is 5.73 Å². The second kappa shape index (κ2) is 2.37. The van der Waals surface area contributed by atoms with Crippen molar-refractivity contribution in [2.24, 2.45) is 10.7 Å². The molecule has 5 heteroatoms. The molecule has 0 spiro atoms. The van der Waals surface area contributed by atoms with E-state index >= 15 is 0 Å². The second-order valence-corrected chi connectivity index (χ2v) is 3.45. The van der Waals surface area contributed by atoms with Gasteiger partial charge in [-0.15, -0.1) is 0 Å². The number of carbonyl (C=O) groups is 1. The van der Waals surface area contributed by atoms with Gasteiger partial charge in [0, 0.05) is 5.57 Å². The van der Waals surface area contributed by atoms with Crippen LogP contribution >= 0.6 is 0 Å². The van der Waals surface area contributed by atoms with Crippen molar-refractivity contribution in [1.29, 1.82) is 0 Å². The number of primary amides is 1. The molecule has 0 aromatic heterocycles. The summed E-state index contributed by atoms with van der Waals surface area (Å²) in [6, 6.07) is 0.121. The lowest BCUT2D eigenvalue weighted by Crippen LogP contribution is -2.36. The monoisotopic (exact) mass is 191 g/mol. The molecular formula is C9H9N3O2. The molecule has 3 rings (SSSR count). The van der Waals surface area contributed by atoms with Gasteiger partial charge in [0.1, 0.15) is 6.61 Å². The Labute approximate surface area is 80.5 Å². The molecule has 0 fully saturated rings. The Bertz CT molecular complexity index is 408. The minimum atomic E-state index is -0.459. The van der Waals surface area contributed by atoms with Crippen molar-refractivity contribution in [2.45, 2.75) is 6.04 Å². The van der Waals surface area contributed by atoms with Gasteiger partial charge in [0.2, 0.25) is 0 Å². The molecule has 3 aliphatic heterocycles. The smallest absolute Gasteiger partial charge is 0.269 e. The summed E-state index contributed by atoms with van der Waals surface area (Å²) in [5, 5.41) is 0. The van der Waals surface area contributed by atoms with Crippen molar-refractivity contribution in [2.75, 3.05) is 13.2 Å². The van der Waals surface area contributed by atoms with E-state index in [1.165, 1.54) is 0 Å². The van der Waals surface area contributed by atoms with E-state index in [-0.39, 0.29) is 6.04 Å². The lowest BCUT2D eigenvalue weighted by molar-refractivity contribution is -0.115. The van der Waals surface area contributed by atoms with E-state index in [0.717, 1.165) is 5.57 Å². The van der Waals surface area contributed by atoms with Crippen LogP contribution in [-0.4, -0.2) is 36.3 Å². The first-order chi connectivity index (χ1) is 6.77. The van der Waals surface area contributed by atoms with E-state index < -0.39 is 5.91 Å². The minimum Gasteiger partial charge on any atom is -0.487 e. The van der Waals surface area contributed by atoms with Crippen LogP contribution in [-0.2, 0) is 9.53 Å². The highest BCUT2D eigenvalue weighted by Crippen LogP contribution is 2.35. The molecule has 2 bridgehead atoms. The number of hydrogen-bond donors (Lipinski definition) is 1. The summed E-state index contributed by atoms with van der Waals surface area (Å²) in [7, 11) is 0. The van der Waals surface area contributed by atoms with E-state index in [0.29, 0.717) is 24.6 Å². The van der Waals surface area contributed by atoms with Crippen molar-refractivity contribution in [3.63, 3.8) is 0 Å². The van der Waals surface area contributed by atoms with Gasteiger partial charge in [0.15, 0.2) is 11.5 Å². The highest BCUT2D eigenvalue weighted by atomic mass is 16.5. The van der Waals surface area contributed by atoms with Crippen molar-refractivity contribution >= 4 is 12.2 Å². The van der Waals surface area contributed by atoms with Gasteiger partial charge < -0.3 is 15.4 Å². The summed E-state index contributed by atoms with van der Waals surface area (Å²) in [6.07, 6.45) is 3.61. The van der Waals surface area contributed by atoms with Crippen LogP contribution in [0.15, 0.2) is 28.1 Å². The minimum absolute atomic E-state index is 0.121. The van der Waals surface area contributed by atoms with Crippen molar-refractivity contribution in [3.05, 3.63) is 23.1 Å². The molecule has 1 amide bonds. The number of amides is 1. The summed E-state index contributed by atoms with van der Waals surface area (Å²) in [6.45, 7) is 1.22. The lowest BCUT2D eigenvalue weighted by Gasteiger charge is -2.25. The Morgan fingerprint density at radius 3 is 3.36 bits per heavy atom. The number of nitrogens with two attached hydrogens (primary N) is 1. The Hall–Kier alpha value is -1.78. The van der Waals surface area contributed by atoms with Gasteiger partial charge in [-0.05, 0) is 6.08 Å². The van der Waals surface area contributed by atoms with Gasteiger partial charge in [-0.3, -0.25) is 9.79 Å². The van der Waals surface area contributed by atoms with Crippen LogP contribution in [0, 0.1) is 0 Å². The molecule has 3 aliphatic rings. The Kier molecular flexibility index (Phi) is 1.29. The third kappa shape index (κ3) is 0.787. The van der Waals surface area contributed by atoms with Crippen LogP contribution in [0.4, 0.5) is 0 Å². The number of carbonyl (C=O) groups excluding carboxylic acids is 1. The molecule has 0 saturated carbocycles. The summed E-state index contributed by atoms with van der Waals surface area (Å²) >= 11 is 0. The average molecular weight is 191 g/mol. The Morgan fingerprint density at radius 1 is 1.71 bits per heavy atom. The maximum Gasteiger partial charge on any atom is 0.269 e. The average Bonchev–Trinajstić information content (AvgIpc) is 2.73. The molecule has 1 unspecified atom stereocenters. The summed E-state index contributed by atoms with van der Waals surface area (Å²) in [5.74, 6) is 0.158. The number of rotatable bonds is 1. The number of aliphatic imine (C=N–C) groups is 1. The summed E-state index contributed by atoms with van der Waals surface area (Å²) in [5.41, 5.74) is 6.74. The number of ether oxygens (including phenoxy) is 1. The molecule has 5 nitrogen and oxygen atoms in total. The molecule has 14 heavy (non-hydrogen) atoms. The van der Waals surface area contributed by atoms with Crippen LogP contribution in [0.2, 0.25) is 0 Å². The topological polar surface area (TPSA) is 67.9 Å². The zero-order valence-electron chi connectivity index (χ0n) is 7.43. The number of nitrogens with zero attached hydrogens (tertiary/aromatic N) is 2. The van der Waals surface area contributed by atoms with Crippen molar-refractivity contribution in [1.82, 2.24) is 4.90 Å². The van der Waals surface area contributed by atoms with Gasteiger partial charge in [-0.1, -0.05) is 0 Å². The zero-order chi connectivity index (χ0) is 9.71. The predicted molar refractivity (Wildman–Crippen MR) is 49.2 cm³/mol. The quantitative estimate of drug-likeness (QED) is 0.599. The van der Waals surface area contributed by atoms with Gasteiger partial charge in [-0.25, -0.2) is 0 Å². The molecule has 72 valence electrons. The highest BCUT2D eigenvalue weighted by Gasteiger charge is 2.39. The number of hydrogen-bond acceptors (Lipinski definition) is 4. The predicted octanol–water partition coefficient (Wildman–Crippen LogP) is -0.634. The third-order valence-corrected chi connectivity index (χ3v) is 2.64. The SMILES string of the molecule is NC(=O)C1=C2OCC=C2C2CN1C=N2. The van der Waals surface area contributed by atoms with Gasteiger partial charge in [0.05, 0.1) is 18.9 Å². The van der Waals surface area contributed by atoms with E-state index in [1.807, 2.05) is 6.08 Å². The van der Waals surface area contributed by atoms with Crippen LogP contribution in [0.5, 0.6) is 0 Å². The first-order valence-corrected chi connectivity index (χ1v) is 4.44. The number of fused-ring (bicyclic) bond motifs is 4. The standard InChI is InChI=1S/C9H9N3O2/c10-9(13)7-8-5(1-2-14-8)6-3-12(7)4-11-6/h1,4,6H,2-3H2,(H2,10,13). The fourth-order valence-electron chi connectivity index (χ4n) is 2.04. The lowest BCUT2D eigenvalue weighted by atomic mass is 10.0. The van der Waals surface area contributed by atoms with Crippen molar-refractivity contribution < 1.29 is 9.53 Å². The fourth-order valence-corrected chi connectivity index (χ4v) is 2.04. The maximum atomic E-state index is 11.2. The van der Waals surface area contributed by atoms with Crippen molar-refractivity contribution in [3.8, 4) is 0 Å². The third-order valence-electron chi connectivity index (χ3n) is 2.64. The molecule has 0 aliphatic carbocycles. The second-order valence-electron chi connectivity index (χ2n) is 3.45. The van der Waals surface area contributed by atoms with Crippen LogP contribution in [0.25, 0.3) is 0 Å². The van der Waals surface area contributed by atoms with Gasteiger partial charge in [0.25, 0.3) is 5.91 Å². The van der Waals surface area contributed by atoms with Gasteiger partial charge in [-0.2, -0.15) is 0 Å². The Morgan fingerprint density at radius 2 is 2.57 bits per heavy atom. The van der Waals surface area contributed by atoms with Gasteiger partial charge >= 0.3 is 0 Å². The first-order valence-electron chi connectivity index (χ1n) is 4.44. The van der Waals surface area contributed by atoms with E-state index in [2.05, 4.69) is 4.99 Å². The zero-order valence-corrected chi connectivity index (χ0v) is 7.43. The van der Waals surface area contributed by atoms with E-state index in [4.69, 9.17) is 10.5 Å². The van der Waals surface area contributed by atoms with E-state index in [1.54, 1.807) is 11.2 Å². The first kappa shape index (κ1) is 7.61. The molecular weight excluding hydrogens is 182 g/mol. The van der Waals surface area contributed by atoms with Crippen LogP contribution in [0.3, 0.4) is 0 Å². The summed E-state index contributed by atoms with van der Waals surface area (Å²) < 4.78 is 5.38. The molecule has 2 N–H and O–H groups in total. The molecule has 0 radical (unpaired) electrons. The Balaban J connectivity index is 2.19. The normalized spacial score (nSPS) is 27.6. The molecule has 0 aromatic rings. The van der Waals surface area contributed by atoms with E-state index in [9.17, 15) is 4.79 Å². The molecule has 0 saturated heterocycles. The molecule has 1 atom stereocenters. The summed E-state index contributed by atoms with van der Waals surface area (Å²) in [4.78, 5) is 17.3.